The Morgan fingerprint density at radius 3 is 1.13 bits per heavy atom. The van der Waals surface area contributed by atoms with Crippen LogP contribution in [0.2, 0.25) is 0 Å². The van der Waals surface area contributed by atoms with Crippen LogP contribution in [0.5, 0.6) is 0 Å². The second kappa shape index (κ2) is 48.2. The van der Waals surface area contributed by atoms with Crippen LogP contribution in [0.25, 0.3) is 0 Å². The Balaban J connectivity index is 4.62. The number of hydrogen-bond acceptors (Lipinski definition) is 6. The van der Waals surface area contributed by atoms with Gasteiger partial charge in [0.2, 0.25) is 0 Å². The van der Waals surface area contributed by atoms with Gasteiger partial charge in [-0.25, -0.2) is 0 Å². The highest BCUT2D eigenvalue weighted by Gasteiger charge is 2.19. The maximum absolute atomic E-state index is 12.7. The van der Waals surface area contributed by atoms with Crippen molar-refractivity contribution in [1.29, 1.82) is 0 Å². The van der Waals surface area contributed by atoms with Gasteiger partial charge in [-0.05, 0) is 109 Å². The molecule has 0 amide bonds. The van der Waals surface area contributed by atoms with Crippen LogP contribution < -0.4 is 0 Å². The topological polar surface area (TPSA) is 78.9 Å². The van der Waals surface area contributed by atoms with Gasteiger partial charge in [-0.3, -0.25) is 14.4 Å². The zero-order valence-electron chi connectivity index (χ0n) is 38.6. The van der Waals surface area contributed by atoms with Crippen molar-refractivity contribution in [2.24, 2.45) is 0 Å². The molecule has 0 bridgehead atoms. The summed E-state index contributed by atoms with van der Waals surface area (Å²) in [5.41, 5.74) is 0. The Bertz CT molecular complexity index is 1380. The van der Waals surface area contributed by atoms with Crippen LogP contribution in [-0.4, -0.2) is 37.2 Å². The lowest BCUT2D eigenvalue weighted by Gasteiger charge is -2.18. The van der Waals surface area contributed by atoms with Crippen molar-refractivity contribution in [3.63, 3.8) is 0 Å². The molecular formula is C55H84O6. The minimum absolute atomic E-state index is 0.137. The summed E-state index contributed by atoms with van der Waals surface area (Å²) in [6.45, 7) is 6.18. The van der Waals surface area contributed by atoms with Gasteiger partial charge in [0, 0.05) is 19.3 Å². The monoisotopic (exact) mass is 841 g/mol. The van der Waals surface area contributed by atoms with E-state index in [4.69, 9.17) is 14.2 Å². The maximum atomic E-state index is 12.7. The maximum Gasteiger partial charge on any atom is 0.306 e. The second-order valence-electron chi connectivity index (χ2n) is 14.9. The molecule has 0 aromatic rings. The van der Waals surface area contributed by atoms with E-state index in [0.717, 1.165) is 116 Å². The third-order valence-electron chi connectivity index (χ3n) is 9.11. The molecule has 0 aromatic heterocycles. The van der Waals surface area contributed by atoms with Gasteiger partial charge in [0.05, 0.1) is 0 Å². The van der Waals surface area contributed by atoms with Crippen molar-refractivity contribution >= 4 is 17.9 Å². The Labute approximate surface area is 373 Å². The van der Waals surface area contributed by atoms with E-state index in [1.54, 1.807) is 0 Å². The van der Waals surface area contributed by atoms with Crippen LogP contribution >= 0.6 is 0 Å². The first-order valence-electron chi connectivity index (χ1n) is 23.7. The molecule has 0 aliphatic heterocycles. The lowest BCUT2D eigenvalue weighted by Crippen LogP contribution is -2.30. The first-order valence-corrected chi connectivity index (χ1v) is 23.7. The molecule has 0 heterocycles. The fraction of sp³-hybridized carbons (Fsp3) is 0.545. The summed E-state index contributed by atoms with van der Waals surface area (Å²) in [7, 11) is 0. The van der Waals surface area contributed by atoms with E-state index >= 15 is 0 Å². The SMILES string of the molecule is CC/C=C\C/C=C\C/C=C\C/C=C\C/C=C\CCCC(=O)OCC(COC(=O)CCCCCCC/C=C\C/C=C\CCC)OC(=O)CC/C=C\C/C=C\C/C=C\C/C=C\CC. The molecule has 1 atom stereocenters. The van der Waals surface area contributed by atoms with Gasteiger partial charge in [-0.15, -0.1) is 0 Å². The molecule has 340 valence electrons. The fourth-order valence-electron chi connectivity index (χ4n) is 5.64. The van der Waals surface area contributed by atoms with E-state index < -0.39 is 12.1 Å². The third kappa shape index (κ3) is 46.5. The number of unbranched alkanes of at least 4 members (excludes halogenated alkanes) is 7. The van der Waals surface area contributed by atoms with E-state index in [1.165, 1.54) is 6.42 Å². The summed E-state index contributed by atoms with van der Waals surface area (Å²) < 4.78 is 16.6. The van der Waals surface area contributed by atoms with Gasteiger partial charge < -0.3 is 14.2 Å². The zero-order chi connectivity index (χ0) is 44.4. The molecule has 0 aromatic carbocycles. The van der Waals surface area contributed by atoms with Gasteiger partial charge in [0.1, 0.15) is 13.2 Å². The standard InChI is InChI=1S/C55H84O6/c1-4-7-10-13-16-19-22-25-26-27-28-31-33-36-39-42-45-48-54(57)60-51-52(61-55(58)49-46-43-40-37-34-30-24-21-18-15-12-9-6-3)50-59-53(56)47-44-41-38-35-32-29-23-20-17-14-11-8-5-2/h7,9-12,14,16,18-21,23,25-26,28,30-31,34,36,39-40,43,52H,4-6,8,13,15,17,22,24,27,29,32-33,35,37-38,41-42,44-51H2,1-3H3/b10-7-,12-9-,14-11-,19-16-,21-18-,23-20-,26-25-,31-28-,34-30-,39-36-,43-40-. The van der Waals surface area contributed by atoms with Crippen molar-refractivity contribution in [1.82, 2.24) is 0 Å². The highest BCUT2D eigenvalue weighted by molar-refractivity contribution is 5.71. The van der Waals surface area contributed by atoms with Crippen LogP contribution in [0, 0.1) is 0 Å². The Morgan fingerprint density at radius 2 is 0.689 bits per heavy atom. The fourth-order valence-corrected chi connectivity index (χ4v) is 5.64. The minimum atomic E-state index is -0.848. The molecule has 0 aliphatic carbocycles. The molecule has 0 aliphatic rings. The van der Waals surface area contributed by atoms with Gasteiger partial charge in [-0.1, -0.05) is 180 Å². The molecule has 0 N–H and O–H groups in total. The quantitative estimate of drug-likeness (QED) is 0.0265. The number of carbonyl (C=O) groups excluding carboxylic acids is 3. The van der Waals surface area contributed by atoms with Crippen molar-refractivity contribution in [2.75, 3.05) is 13.2 Å². The highest BCUT2D eigenvalue weighted by Crippen LogP contribution is 2.10. The van der Waals surface area contributed by atoms with Crippen LogP contribution in [0.3, 0.4) is 0 Å². The average Bonchev–Trinajstić information content (AvgIpc) is 3.26. The number of esters is 3. The summed E-state index contributed by atoms with van der Waals surface area (Å²) in [5.74, 6) is -1.11. The van der Waals surface area contributed by atoms with Crippen molar-refractivity contribution in [3.8, 4) is 0 Å². The van der Waals surface area contributed by atoms with Gasteiger partial charge in [0.25, 0.3) is 0 Å². The lowest BCUT2D eigenvalue weighted by atomic mass is 10.1. The Kier molecular flexibility index (Phi) is 44.7. The van der Waals surface area contributed by atoms with Crippen molar-refractivity contribution in [3.05, 3.63) is 134 Å². The summed E-state index contributed by atoms with van der Waals surface area (Å²) >= 11 is 0. The molecule has 0 saturated carbocycles. The highest BCUT2D eigenvalue weighted by atomic mass is 16.6. The molecule has 6 nitrogen and oxygen atoms in total. The van der Waals surface area contributed by atoms with E-state index in [2.05, 4.69) is 142 Å². The average molecular weight is 841 g/mol. The number of allylic oxidation sites excluding steroid dienone is 22. The van der Waals surface area contributed by atoms with E-state index in [0.29, 0.717) is 19.3 Å². The molecule has 0 fully saturated rings. The lowest BCUT2D eigenvalue weighted by molar-refractivity contribution is -0.166. The van der Waals surface area contributed by atoms with Gasteiger partial charge >= 0.3 is 17.9 Å². The smallest absolute Gasteiger partial charge is 0.306 e. The minimum Gasteiger partial charge on any atom is -0.462 e. The molecule has 0 saturated heterocycles. The van der Waals surface area contributed by atoms with Crippen LogP contribution in [0.15, 0.2) is 134 Å². The van der Waals surface area contributed by atoms with E-state index in [9.17, 15) is 14.4 Å². The second-order valence-corrected chi connectivity index (χ2v) is 14.9. The number of carbonyl (C=O) groups is 3. The molecule has 0 radical (unpaired) electrons. The molecule has 61 heavy (non-hydrogen) atoms. The van der Waals surface area contributed by atoms with E-state index in [1.807, 2.05) is 12.2 Å². The third-order valence-corrected chi connectivity index (χ3v) is 9.11. The number of ether oxygens (including phenoxy) is 3. The first kappa shape index (κ1) is 56.5. The summed E-state index contributed by atoms with van der Waals surface area (Å²) in [6, 6.07) is 0. The molecule has 1 unspecified atom stereocenters. The van der Waals surface area contributed by atoms with Crippen molar-refractivity contribution < 1.29 is 28.6 Å². The molecule has 6 heteroatoms. The molecule has 0 spiro atoms. The normalized spacial score (nSPS) is 13.3. The van der Waals surface area contributed by atoms with E-state index in [-0.39, 0.29) is 38.0 Å². The molecule has 0 rings (SSSR count). The predicted octanol–water partition coefficient (Wildman–Crippen LogP) is 15.5. The largest absolute Gasteiger partial charge is 0.462 e. The van der Waals surface area contributed by atoms with Crippen LogP contribution in [-0.2, 0) is 28.6 Å². The number of hydrogen-bond donors (Lipinski definition) is 0. The van der Waals surface area contributed by atoms with Gasteiger partial charge in [0.15, 0.2) is 6.10 Å². The summed E-state index contributed by atoms with van der Waals surface area (Å²) in [6.07, 6.45) is 67.4. The summed E-state index contributed by atoms with van der Waals surface area (Å²) in [4.78, 5) is 37.8. The summed E-state index contributed by atoms with van der Waals surface area (Å²) in [5, 5.41) is 0. The Morgan fingerprint density at radius 1 is 0.344 bits per heavy atom. The number of rotatable bonds is 40. The van der Waals surface area contributed by atoms with Gasteiger partial charge in [-0.2, -0.15) is 0 Å². The van der Waals surface area contributed by atoms with Crippen LogP contribution in [0.1, 0.15) is 175 Å². The zero-order valence-corrected chi connectivity index (χ0v) is 38.6. The van der Waals surface area contributed by atoms with Crippen molar-refractivity contribution in [2.45, 2.75) is 181 Å². The Hall–Kier alpha value is -4.45. The molecular weight excluding hydrogens is 757 g/mol. The predicted molar refractivity (Wildman–Crippen MR) is 260 cm³/mol. The first-order chi connectivity index (χ1) is 30.0. The van der Waals surface area contributed by atoms with Crippen LogP contribution in [0.4, 0.5) is 0 Å².